The van der Waals surface area contributed by atoms with E-state index in [1.165, 1.54) is 0 Å². The van der Waals surface area contributed by atoms with E-state index >= 15 is 0 Å². The highest BCUT2D eigenvalue weighted by atomic mass is 16.4. The van der Waals surface area contributed by atoms with Crippen molar-refractivity contribution < 1.29 is 9.90 Å². The van der Waals surface area contributed by atoms with Gasteiger partial charge in [-0.1, -0.05) is 0 Å². The highest BCUT2D eigenvalue weighted by molar-refractivity contribution is 5.66. The molecule has 0 aromatic rings. The monoisotopic (exact) mass is 214 g/mol. The van der Waals surface area contributed by atoms with E-state index < -0.39 is 5.97 Å². The molecular formula is C11H22N2O2. The molecule has 0 aliphatic carbocycles. The molecule has 1 aliphatic rings. The molecular weight excluding hydrogens is 192 g/mol. The van der Waals surface area contributed by atoms with E-state index in [4.69, 9.17) is 5.11 Å². The highest BCUT2D eigenvalue weighted by Gasteiger charge is 2.19. The molecule has 15 heavy (non-hydrogen) atoms. The van der Waals surface area contributed by atoms with Crippen LogP contribution in [0.25, 0.3) is 0 Å². The van der Waals surface area contributed by atoms with Crippen LogP contribution in [0.1, 0.15) is 33.1 Å². The summed E-state index contributed by atoms with van der Waals surface area (Å²) in [5, 5.41) is 12.1. The summed E-state index contributed by atoms with van der Waals surface area (Å²) >= 11 is 0. The molecule has 0 amide bonds. The van der Waals surface area contributed by atoms with Crippen LogP contribution >= 0.6 is 0 Å². The standard InChI is InChI=1S/C11H22N2O2/c1-9(2)13-7-3-6-12-10(8-13)4-5-11(14)15/h9-10,12H,3-8H2,1-2H3,(H,14,15). The van der Waals surface area contributed by atoms with Gasteiger partial charge in [0.15, 0.2) is 0 Å². The van der Waals surface area contributed by atoms with Gasteiger partial charge in [-0.25, -0.2) is 0 Å². The van der Waals surface area contributed by atoms with Crippen LogP contribution in [0.3, 0.4) is 0 Å². The fourth-order valence-electron chi connectivity index (χ4n) is 1.99. The first kappa shape index (κ1) is 12.5. The number of carboxylic acids is 1. The van der Waals surface area contributed by atoms with E-state index in [9.17, 15) is 4.79 Å². The summed E-state index contributed by atoms with van der Waals surface area (Å²) in [6.07, 6.45) is 2.16. The zero-order valence-corrected chi connectivity index (χ0v) is 9.70. The van der Waals surface area contributed by atoms with E-state index in [0.717, 1.165) is 32.5 Å². The van der Waals surface area contributed by atoms with E-state index in [-0.39, 0.29) is 6.42 Å². The number of rotatable bonds is 4. The summed E-state index contributed by atoms with van der Waals surface area (Å²) in [6.45, 7) is 7.49. The molecule has 1 unspecified atom stereocenters. The van der Waals surface area contributed by atoms with E-state index in [1.807, 2.05) is 0 Å². The molecule has 1 atom stereocenters. The first-order valence-corrected chi connectivity index (χ1v) is 5.79. The first-order chi connectivity index (χ1) is 7.09. The number of carbonyl (C=O) groups is 1. The van der Waals surface area contributed by atoms with Gasteiger partial charge in [-0.05, 0) is 39.8 Å². The third-order valence-corrected chi connectivity index (χ3v) is 2.95. The largest absolute Gasteiger partial charge is 0.481 e. The molecule has 1 aliphatic heterocycles. The van der Waals surface area contributed by atoms with E-state index in [1.54, 1.807) is 0 Å². The van der Waals surface area contributed by atoms with Gasteiger partial charge in [0.05, 0.1) is 0 Å². The second-order valence-electron chi connectivity index (χ2n) is 4.53. The van der Waals surface area contributed by atoms with Crippen LogP contribution in [0.2, 0.25) is 0 Å². The second kappa shape index (κ2) is 6.08. The maximum atomic E-state index is 10.5. The van der Waals surface area contributed by atoms with Crippen molar-refractivity contribution in [3.8, 4) is 0 Å². The van der Waals surface area contributed by atoms with Gasteiger partial charge in [0.25, 0.3) is 0 Å². The Morgan fingerprint density at radius 2 is 2.33 bits per heavy atom. The Morgan fingerprint density at radius 1 is 1.60 bits per heavy atom. The van der Waals surface area contributed by atoms with Gasteiger partial charge in [0.2, 0.25) is 0 Å². The molecule has 0 radical (unpaired) electrons. The van der Waals surface area contributed by atoms with Crippen molar-refractivity contribution in [3.63, 3.8) is 0 Å². The Labute approximate surface area is 91.6 Å². The second-order valence-corrected chi connectivity index (χ2v) is 4.53. The van der Waals surface area contributed by atoms with Crippen LogP contribution in [0.4, 0.5) is 0 Å². The lowest BCUT2D eigenvalue weighted by Crippen LogP contribution is -2.40. The summed E-state index contributed by atoms with van der Waals surface area (Å²) < 4.78 is 0. The van der Waals surface area contributed by atoms with Gasteiger partial charge < -0.3 is 10.4 Å². The first-order valence-electron chi connectivity index (χ1n) is 5.79. The van der Waals surface area contributed by atoms with Crippen molar-refractivity contribution in [2.75, 3.05) is 19.6 Å². The Morgan fingerprint density at radius 3 is 2.93 bits per heavy atom. The lowest BCUT2D eigenvalue weighted by Gasteiger charge is -2.27. The topological polar surface area (TPSA) is 52.6 Å². The number of hydrogen-bond donors (Lipinski definition) is 2. The number of nitrogens with one attached hydrogen (secondary N) is 1. The van der Waals surface area contributed by atoms with Crippen molar-refractivity contribution >= 4 is 5.97 Å². The Kier molecular flexibility index (Phi) is 5.05. The third kappa shape index (κ3) is 4.62. The molecule has 4 heteroatoms. The average molecular weight is 214 g/mol. The van der Waals surface area contributed by atoms with Gasteiger partial charge in [0.1, 0.15) is 0 Å². The zero-order chi connectivity index (χ0) is 11.3. The number of nitrogens with zero attached hydrogens (tertiary/aromatic N) is 1. The van der Waals surface area contributed by atoms with Gasteiger partial charge in [-0.3, -0.25) is 9.69 Å². The van der Waals surface area contributed by atoms with E-state index in [2.05, 4.69) is 24.1 Å². The lowest BCUT2D eigenvalue weighted by atomic mass is 10.1. The Hall–Kier alpha value is -0.610. The van der Waals surface area contributed by atoms with Crippen LogP contribution in [0, 0.1) is 0 Å². The van der Waals surface area contributed by atoms with Gasteiger partial charge in [-0.2, -0.15) is 0 Å². The minimum Gasteiger partial charge on any atom is -0.481 e. The summed E-state index contributed by atoms with van der Waals surface area (Å²) in [5.41, 5.74) is 0. The number of carboxylic acid groups (broad SMARTS) is 1. The predicted octanol–water partition coefficient (Wildman–Crippen LogP) is 0.923. The maximum absolute atomic E-state index is 10.5. The molecule has 1 saturated heterocycles. The minimum atomic E-state index is -0.697. The van der Waals surface area contributed by atoms with Gasteiger partial charge in [-0.15, -0.1) is 0 Å². The fraction of sp³-hybridized carbons (Fsp3) is 0.909. The van der Waals surface area contributed by atoms with Crippen LogP contribution in [-0.4, -0.2) is 47.7 Å². The fourth-order valence-corrected chi connectivity index (χ4v) is 1.99. The molecule has 0 bridgehead atoms. The third-order valence-electron chi connectivity index (χ3n) is 2.95. The molecule has 88 valence electrons. The predicted molar refractivity (Wildman–Crippen MR) is 60.0 cm³/mol. The molecule has 0 aromatic carbocycles. The van der Waals surface area contributed by atoms with Crippen molar-refractivity contribution in [1.82, 2.24) is 10.2 Å². The summed E-state index contributed by atoms with van der Waals surface area (Å²) in [5.74, 6) is -0.697. The van der Waals surface area contributed by atoms with Crippen molar-refractivity contribution in [2.24, 2.45) is 0 Å². The highest BCUT2D eigenvalue weighted by Crippen LogP contribution is 2.08. The molecule has 1 fully saturated rings. The van der Waals surface area contributed by atoms with E-state index in [0.29, 0.717) is 12.1 Å². The maximum Gasteiger partial charge on any atom is 0.303 e. The van der Waals surface area contributed by atoms with Gasteiger partial charge in [0, 0.05) is 25.0 Å². The molecule has 0 aromatic heterocycles. The molecule has 1 heterocycles. The molecule has 1 rings (SSSR count). The SMILES string of the molecule is CC(C)N1CCCNC(CCC(=O)O)C1. The van der Waals surface area contributed by atoms with Gasteiger partial charge >= 0.3 is 5.97 Å². The molecule has 0 saturated carbocycles. The average Bonchev–Trinajstić information content (AvgIpc) is 2.39. The van der Waals surface area contributed by atoms with Crippen molar-refractivity contribution in [2.45, 2.75) is 45.2 Å². The Balaban J connectivity index is 2.38. The summed E-state index contributed by atoms with van der Waals surface area (Å²) in [4.78, 5) is 12.9. The number of hydrogen-bond acceptors (Lipinski definition) is 3. The summed E-state index contributed by atoms with van der Waals surface area (Å²) in [6, 6.07) is 0.892. The van der Waals surface area contributed by atoms with Crippen molar-refractivity contribution in [1.29, 1.82) is 0 Å². The van der Waals surface area contributed by atoms with Crippen LogP contribution < -0.4 is 5.32 Å². The minimum absolute atomic E-state index is 0.267. The molecule has 2 N–H and O–H groups in total. The summed E-state index contributed by atoms with van der Waals surface area (Å²) in [7, 11) is 0. The Bertz CT molecular complexity index is 207. The molecule has 4 nitrogen and oxygen atoms in total. The smallest absolute Gasteiger partial charge is 0.303 e. The van der Waals surface area contributed by atoms with Crippen LogP contribution in [0.15, 0.2) is 0 Å². The lowest BCUT2D eigenvalue weighted by molar-refractivity contribution is -0.137. The number of aliphatic carboxylic acids is 1. The quantitative estimate of drug-likeness (QED) is 0.731. The molecule has 0 spiro atoms. The van der Waals surface area contributed by atoms with Crippen molar-refractivity contribution in [3.05, 3.63) is 0 Å². The zero-order valence-electron chi connectivity index (χ0n) is 9.70. The van der Waals surface area contributed by atoms with Crippen LogP contribution in [0.5, 0.6) is 0 Å². The normalized spacial score (nSPS) is 24.1. The van der Waals surface area contributed by atoms with Crippen LogP contribution in [-0.2, 0) is 4.79 Å².